The lowest BCUT2D eigenvalue weighted by Gasteiger charge is -2.13. The summed E-state index contributed by atoms with van der Waals surface area (Å²) < 4.78 is 12.6. The lowest BCUT2D eigenvalue weighted by Crippen LogP contribution is -2.04. The molecule has 0 radical (unpaired) electrons. The average molecular weight is 121 g/mol. The van der Waals surface area contributed by atoms with E-state index < -0.39 is 7.29 Å². The molecule has 0 bridgehead atoms. The Labute approximate surface area is 44.9 Å². The molecule has 0 saturated carbocycles. The van der Waals surface area contributed by atoms with Gasteiger partial charge in [-0.05, 0) is 14.1 Å². The van der Waals surface area contributed by atoms with Crippen molar-refractivity contribution in [3.05, 3.63) is 0 Å². The second-order valence-electron chi connectivity index (χ2n) is 2.14. The monoisotopic (exact) mass is 121 g/mol. The van der Waals surface area contributed by atoms with E-state index in [2.05, 4.69) is 0 Å². The van der Waals surface area contributed by atoms with Gasteiger partial charge in [0.05, 0.1) is 0 Å². The Hall–Kier alpha value is 0.190. The molecule has 0 aromatic heterocycles. The van der Waals surface area contributed by atoms with Crippen molar-refractivity contribution in [3.63, 3.8) is 0 Å². The summed E-state index contributed by atoms with van der Waals surface area (Å²) in [6.07, 6.45) is 0. The molecule has 0 N–H and O–H groups in total. The van der Waals surface area contributed by atoms with Crippen LogP contribution in [0.2, 0.25) is 0 Å². The van der Waals surface area contributed by atoms with E-state index in [0.29, 0.717) is 0 Å². The van der Waals surface area contributed by atoms with Crippen LogP contribution in [-0.2, 0) is 4.57 Å². The molecule has 44 valence electrons. The Morgan fingerprint density at radius 1 is 1.29 bits per heavy atom. The molecule has 2 nitrogen and oxygen atoms in total. The van der Waals surface area contributed by atoms with Crippen molar-refractivity contribution in [1.29, 1.82) is 0 Å². The van der Waals surface area contributed by atoms with Gasteiger partial charge < -0.3 is 4.57 Å². The summed E-state index contributed by atoms with van der Waals surface area (Å²) >= 11 is 0. The summed E-state index contributed by atoms with van der Waals surface area (Å²) in [7, 11) is 1.74. The molecule has 3 heteroatoms. The van der Waals surface area contributed by atoms with E-state index in [4.69, 9.17) is 0 Å². The molecular formula is C4H12NOP. The van der Waals surface area contributed by atoms with Crippen LogP contribution in [0.15, 0.2) is 0 Å². The van der Waals surface area contributed by atoms with Gasteiger partial charge in [-0.15, -0.1) is 0 Å². The standard InChI is InChI=1S/C4H12NOP/c1-5(2)7(3,4)6/h1-4H3. The molecule has 0 aromatic rings. The van der Waals surface area contributed by atoms with Gasteiger partial charge in [-0.25, -0.2) is 0 Å². The highest BCUT2D eigenvalue weighted by Gasteiger charge is 2.07. The highest BCUT2D eigenvalue weighted by molar-refractivity contribution is 7.59. The number of rotatable bonds is 1. The highest BCUT2D eigenvalue weighted by atomic mass is 31.2. The first-order valence-electron chi connectivity index (χ1n) is 2.17. The third-order valence-electron chi connectivity index (χ3n) is 0.963. The fraction of sp³-hybridized carbons (Fsp3) is 1.00. The van der Waals surface area contributed by atoms with E-state index in [1.54, 1.807) is 18.0 Å². The molecule has 0 spiro atoms. The average Bonchev–Trinajstić information content (AvgIpc) is 1.31. The van der Waals surface area contributed by atoms with Crippen LogP contribution in [-0.4, -0.2) is 32.1 Å². The molecule has 7 heavy (non-hydrogen) atoms. The maximum atomic E-state index is 10.8. The number of hydrogen-bond donors (Lipinski definition) is 0. The highest BCUT2D eigenvalue weighted by Crippen LogP contribution is 2.37. The summed E-state index contributed by atoms with van der Waals surface area (Å²) in [6.45, 7) is 3.49. The van der Waals surface area contributed by atoms with Crippen LogP contribution in [0.5, 0.6) is 0 Å². The summed E-state index contributed by atoms with van der Waals surface area (Å²) in [5.41, 5.74) is 0. The van der Waals surface area contributed by atoms with Gasteiger partial charge in [0, 0.05) is 13.3 Å². The lowest BCUT2D eigenvalue weighted by molar-refractivity contribution is 0.526. The molecule has 0 fully saturated rings. The predicted octanol–water partition coefficient (Wildman–Crippen LogP) is 1.09. The molecule has 0 heterocycles. The molecule has 0 rings (SSSR count). The molecule has 0 aromatic carbocycles. The summed E-state index contributed by atoms with van der Waals surface area (Å²) in [5, 5.41) is 0. The van der Waals surface area contributed by atoms with Crippen LogP contribution in [0, 0.1) is 0 Å². The van der Waals surface area contributed by atoms with Crippen molar-refractivity contribution in [2.75, 3.05) is 27.4 Å². The molecule has 0 unspecified atom stereocenters. The Kier molecular flexibility index (Phi) is 2.03. The largest absolute Gasteiger partial charge is 0.307 e. The minimum Gasteiger partial charge on any atom is -0.307 e. The molecule has 0 amide bonds. The third-order valence-corrected chi connectivity index (χ3v) is 2.89. The fourth-order valence-electron chi connectivity index (χ4n) is 0. The van der Waals surface area contributed by atoms with Gasteiger partial charge in [-0.2, -0.15) is 0 Å². The first-order chi connectivity index (χ1) is 2.94. The molecular weight excluding hydrogens is 109 g/mol. The van der Waals surface area contributed by atoms with Gasteiger partial charge in [0.25, 0.3) is 0 Å². The van der Waals surface area contributed by atoms with Crippen molar-refractivity contribution in [2.45, 2.75) is 0 Å². The second kappa shape index (κ2) is 1.97. The van der Waals surface area contributed by atoms with Crippen LogP contribution in [0.1, 0.15) is 0 Å². The van der Waals surface area contributed by atoms with Crippen molar-refractivity contribution < 1.29 is 4.57 Å². The first-order valence-corrected chi connectivity index (χ1v) is 4.73. The van der Waals surface area contributed by atoms with E-state index in [1.807, 2.05) is 14.1 Å². The van der Waals surface area contributed by atoms with E-state index >= 15 is 0 Å². The molecule has 0 saturated heterocycles. The van der Waals surface area contributed by atoms with Crippen LogP contribution >= 0.6 is 7.29 Å². The second-order valence-corrected chi connectivity index (χ2v) is 5.53. The minimum absolute atomic E-state index is 1.74. The van der Waals surface area contributed by atoms with Crippen molar-refractivity contribution in [3.8, 4) is 0 Å². The van der Waals surface area contributed by atoms with Gasteiger partial charge in [0.2, 0.25) is 0 Å². The molecule has 0 atom stereocenters. The zero-order valence-electron chi connectivity index (χ0n) is 5.30. The SMILES string of the molecule is CN(C)P(C)(C)=O. The number of nitrogens with zero attached hydrogens (tertiary/aromatic N) is 1. The van der Waals surface area contributed by atoms with E-state index in [1.165, 1.54) is 0 Å². The van der Waals surface area contributed by atoms with E-state index in [9.17, 15) is 4.57 Å². The molecule has 0 aliphatic carbocycles. The van der Waals surface area contributed by atoms with Crippen LogP contribution in [0.3, 0.4) is 0 Å². The van der Waals surface area contributed by atoms with E-state index in [0.717, 1.165) is 0 Å². The van der Waals surface area contributed by atoms with Crippen molar-refractivity contribution in [1.82, 2.24) is 4.67 Å². The van der Waals surface area contributed by atoms with Crippen molar-refractivity contribution in [2.24, 2.45) is 0 Å². The normalized spacial score (nSPS) is 12.7. The van der Waals surface area contributed by atoms with Crippen molar-refractivity contribution >= 4 is 7.29 Å². The Morgan fingerprint density at radius 3 is 1.43 bits per heavy atom. The van der Waals surface area contributed by atoms with Crippen LogP contribution < -0.4 is 0 Å². The fourth-order valence-corrected chi connectivity index (χ4v) is 0. The Morgan fingerprint density at radius 2 is 1.43 bits per heavy atom. The zero-order chi connectivity index (χ0) is 6.08. The summed E-state index contributed by atoms with van der Waals surface area (Å²) in [4.78, 5) is 0. The number of hydrogen-bond acceptors (Lipinski definition) is 1. The zero-order valence-corrected chi connectivity index (χ0v) is 6.20. The summed E-state index contributed by atoms with van der Waals surface area (Å²) in [5.74, 6) is 0. The smallest absolute Gasteiger partial charge is 0.143 e. The lowest BCUT2D eigenvalue weighted by atomic mass is 11.3. The Bertz CT molecular complexity index is 93.9. The Balaban J connectivity index is 3.80. The predicted molar refractivity (Wildman–Crippen MR) is 33.1 cm³/mol. The molecule has 0 aliphatic heterocycles. The summed E-state index contributed by atoms with van der Waals surface area (Å²) in [6, 6.07) is 0. The van der Waals surface area contributed by atoms with Gasteiger partial charge in [-0.3, -0.25) is 4.67 Å². The minimum atomic E-state index is -1.90. The topological polar surface area (TPSA) is 20.3 Å². The van der Waals surface area contributed by atoms with E-state index in [-0.39, 0.29) is 0 Å². The van der Waals surface area contributed by atoms with Crippen LogP contribution in [0.25, 0.3) is 0 Å². The molecule has 0 aliphatic rings. The van der Waals surface area contributed by atoms with Gasteiger partial charge >= 0.3 is 0 Å². The maximum Gasteiger partial charge on any atom is 0.143 e. The van der Waals surface area contributed by atoms with Gasteiger partial charge in [-0.1, -0.05) is 0 Å². The first kappa shape index (κ1) is 7.19. The van der Waals surface area contributed by atoms with Gasteiger partial charge in [0.1, 0.15) is 7.29 Å². The van der Waals surface area contributed by atoms with Gasteiger partial charge in [0.15, 0.2) is 0 Å². The quantitative estimate of drug-likeness (QED) is 0.484. The third kappa shape index (κ3) is 2.84. The van der Waals surface area contributed by atoms with Crippen LogP contribution in [0.4, 0.5) is 0 Å². The maximum absolute atomic E-state index is 10.8.